The number of carbonyl (C=O) groups excluding carboxylic acids is 1. The number of hydrogen-bond donors (Lipinski definition) is 2. The van der Waals surface area contributed by atoms with Gasteiger partial charge in [-0.2, -0.15) is 0 Å². The molecule has 1 amide bonds. The lowest BCUT2D eigenvalue weighted by Crippen LogP contribution is -2.51. The molecule has 1 rings (SSSR count). The summed E-state index contributed by atoms with van der Waals surface area (Å²) in [6.07, 6.45) is 1.98. The lowest BCUT2D eigenvalue weighted by Gasteiger charge is -2.29. The van der Waals surface area contributed by atoms with Gasteiger partial charge in [0.05, 0.1) is 6.26 Å². The van der Waals surface area contributed by atoms with Crippen LogP contribution in [0.1, 0.15) is 33.3 Å². The first-order valence-electron chi connectivity index (χ1n) is 6.90. The molecule has 0 aliphatic carbocycles. The number of sulfonamides is 1. The molecule has 0 aromatic heterocycles. The van der Waals surface area contributed by atoms with Crippen LogP contribution in [0.5, 0.6) is 0 Å². The molecule has 0 heterocycles. The largest absolute Gasteiger partial charge is 0.325 e. The van der Waals surface area contributed by atoms with Gasteiger partial charge in [0.1, 0.15) is 6.04 Å². The molecule has 6 heteroatoms. The monoisotopic (exact) mass is 312 g/mol. The van der Waals surface area contributed by atoms with Crippen LogP contribution in [-0.4, -0.2) is 26.6 Å². The number of anilines is 1. The topological polar surface area (TPSA) is 75.3 Å². The van der Waals surface area contributed by atoms with Gasteiger partial charge in [-0.15, -0.1) is 0 Å². The van der Waals surface area contributed by atoms with Gasteiger partial charge in [-0.05, 0) is 29.5 Å². The van der Waals surface area contributed by atoms with Gasteiger partial charge >= 0.3 is 0 Å². The molecular formula is C15H24N2O3S. The van der Waals surface area contributed by atoms with Gasteiger partial charge in [-0.3, -0.25) is 4.79 Å². The Morgan fingerprint density at radius 1 is 1.19 bits per heavy atom. The second-order valence-corrected chi connectivity index (χ2v) is 8.01. The fourth-order valence-electron chi connectivity index (χ4n) is 1.88. The van der Waals surface area contributed by atoms with Crippen molar-refractivity contribution in [2.45, 2.75) is 40.2 Å². The Morgan fingerprint density at radius 2 is 1.71 bits per heavy atom. The molecule has 21 heavy (non-hydrogen) atoms. The Bertz CT molecular complexity index is 586. The number of carbonyl (C=O) groups is 1. The van der Waals surface area contributed by atoms with E-state index in [9.17, 15) is 13.2 Å². The minimum atomic E-state index is -3.47. The number of nitrogens with one attached hydrogen (secondary N) is 2. The van der Waals surface area contributed by atoms with Crippen molar-refractivity contribution in [2.24, 2.45) is 5.41 Å². The Balaban J connectivity index is 2.90. The predicted octanol–water partition coefficient (Wildman–Crippen LogP) is 2.15. The van der Waals surface area contributed by atoms with Crippen LogP contribution in [0.25, 0.3) is 0 Å². The summed E-state index contributed by atoms with van der Waals surface area (Å²) in [5.41, 5.74) is 1.30. The molecule has 0 unspecified atom stereocenters. The smallest absolute Gasteiger partial charge is 0.243 e. The van der Waals surface area contributed by atoms with E-state index in [2.05, 4.69) is 17.0 Å². The number of rotatable bonds is 5. The van der Waals surface area contributed by atoms with Crippen LogP contribution in [0.15, 0.2) is 24.3 Å². The second kappa shape index (κ2) is 6.58. The first-order valence-corrected chi connectivity index (χ1v) is 8.79. The normalized spacial score (nSPS) is 13.8. The molecular weight excluding hydrogens is 288 g/mol. The Labute approximate surface area is 127 Å². The van der Waals surface area contributed by atoms with E-state index in [1.54, 1.807) is 0 Å². The van der Waals surface area contributed by atoms with Crippen LogP contribution in [0, 0.1) is 5.41 Å². The number of amides is 1. The first-order chi connectivity index (χ1) is 9.53. The van der Waals surface area contributed by atoms with Crippen molar-refractivity contribution in [1.82, 2.24) is 4.72 Å². The zero-order valence-electron chi connectivity index (χ0n) is 13.2. The Kier molecular flexibility index (Phi) is 5.53. The van der Waals surface area contributed by atoms with Crippen LogP contribution >= 0.6 is 0 Å². The molecule has 0 bridgehead atoms. The van der Waals surface area contributed by atoms with Crippen molar-refractivity contribution < 1.29 is 13.2 Å². The number of hydrogen-bond acceptors (Lipinski definition) is 3. The molecule has 0 radical (unpaired) electrons. The molecule has 0 saturated heterocycles. The summed E-state index contributed by atoms with van der Waals surface area (Å²) in [4.78, 5) is 12.4. The zero-order valence-corrected chi connectivity index (χ0v) is 14.0. The average molecular weight is 312 g/mol. The predicted molar refractivity (Wildman–Crippen MR) is 85.7 cm³/mol. The Morgan fingerprint density at radius 3 is 2.10 bits per heavy atom. The minimum absolute atomic E-state index is 0.364. The summed E-state index contributed by atoms with van der Waals surface area (Å²) in [5.74, 6) is -0.364. The zero-order chi connectivity index (χ0) is 16.3. The summed E-state index contributed by atoms with van der Waals surface area (Å²) in [6, 6.07) is 6.67. The van der Waals surface area contributed by atoms with Crippen LogP contribution in [0.3, 0.4) is 0 Å². The quantitative estimate of drug-likeness (QED) is 0.875. The highest BCUT2D eigenvalue weighted by Crippen LogP contribution is 2.21. The maximum absolute atomic E-state index is 12.4. The van der Waals surface area contributed by atoms with Gasteiger partial charge in [0.25, 0.3) is 0 Å². The molecule has 0 fully saturated rings. The van der Waals surface area contributed by atoms with Crippen molar-refractivity contribution in [3.63, 3.8) is 0 Å². The maximum Gasteiger partial charge on any atom is 0.243 e. The minimum Gasteiger partial charge on any atom is -0.325 e. The average Bonchev–Trinajstić information content (AvgIpc) is 2.34. The van der Waals surface area contributed by atoms with Gasteiger partial charge < -0.3 is 5.32 Å². The standard InChI is InChI=1S/C15H24N2O3S/c1-6-11-7-9-12(10-8-11)16-14(18)13(15(2,3)4)17-21(5,19)20/h7-10,13,17H,6H2,1-5H3,(H,16,18)/t13-/m1/s1. The van der Waals surface area contributed by atoms with Gasteiger partial charge in [0.2, 0.25) is 15.9 Å². The van der Waals surface area contributed by atoms with E-state index in [1.807, 2.05) is 45.0 Å². The fraction of sp³-hybridized carbons (Fsp3) is 0.533. The summed E-state index contributed by atoms with van der Waals surface area (Å²) in [7, 11) is -3.47. The molecule has 1 aromatic carbocycles. The van der Waals surface area contributed by atoms with Crippen LogP contribution < -0.4 is 10.0 Å². The molecule has 0 aliphatic heterocycles. The van der Waals surface area contributed by atoms with Gasteiger partial charge in [0.15, 0.2) is 0 Å². The van der Waals surface area contributed by atoms with E-state index < -0.39 is 21.5 Å². The van der Waals surface area contributed by atoms with Gasteiger partial charge in [0, 0.05) is 5.69 Å². The summed E-state index contributed by atoms with van der Waals surface area (Å²) >= 11 is 0. The molecule has 118 valence electrons. The maximum atomic E-state index is 12.4. The number of aryl methyl sites for hydroxylation is 1. The summed E-state index contributed by atoms with van der Waals surface area (Å²) in [6.45, 7) is 7.50. The van der Waals surface area contributed by atoms with E-state index >= 15 is 0 Å². The third-order valence-corrected chi connectivity index (χ3v) is 3.75. The van der Waals surface area contributed by atoms with E-state index in [0.29, 0.717) is 5.69 Å². The highest BCUT2D eigenvalue weighted by molar-refractivity contribution is 7.88. The third-order valence-electron chi connectivity index (χ3n) is 3.09. The molecule has 2 N–H and O–H groups in total. The van der Waals surface area contributed by atoms with E-state index in [1.165, 1.54) is 5.56 Å². The van der Waals surface area contributed by atoms with Crippen molar-refractivity contribution >= 4 is 21.6 Å². The van der Waals surface area contributed by atoms with Crippen LogP contribution in [-0.2, 0) is 21.2 Å². The van der Waals surface area contributed by atoms with Gasteiger partial charge in [-0.1, -0.05) is 39.8 Å². The van der Waals surface area contributed by atoms with Crippen molar-refractivity contribution in [3.8, 4) is 0 Å². The lowest BCUT2D eigenvalue weighted by atomic mass is 9.87. The fourth-order valence-corrected chi connectivity index (χ4v) is 2.76. The molecule has 1 atom stereocenters. The molecule has 0 spiro atoms. The SMILES string of the molecule is CCc1ccc(NC(=O)[C@@H](NS(C)(=O)=O)C(C)(C)C)cc1. The summed E-state index contributed by atoms with van der Waals surface area (Å²) in [5, 5.41) is 2.76. The second-order valence-electron chi connectivity index (χ2n) is 6.23. The van der Waals surface area contributed by atoms with E-state index in [0.717, 1.165) is 12.7 Å². The van der Waals surface area contributed by atoms with Crippen LogP contribution in [0.2, 0.25) is 0 Å². The first kappa shape index (κ1) is 17.7. The number of benzene rings is 1. The van der Waals surface area contributed by atoms with Crippen molar-refractivity contribution in [2.75, 3.05) is 11.6 Å². The highest BCUT2D eigenvalue weighted by Gasteiger charge is 2.33. The molecule has 1 aromatic rings. The Hall–Kier alpha value is -1.40. The molecule has 0 aliphatic rings. The van der Waals surface area contributed by atoms with Crippen molar-refractivity contribution in [1.29, 1.82) is 0 Å². The highest BCUT2D eigenvalue weighted by atomic mass is 32.2. The van der Waals surface area contributed by atoms with Crippen molar-refractivity contribution in [3.05, 3.63) is 29.8 Å². The van der Waals surface area contributed by atoms with Crippen LogP contribution in [0.4, 0.5) is 5.69 Å². The molecule has 5 nitrogen and oxygen atoms in total. The van der Waals surface area contributed by atoms with E-state index in [-0.39, 0.29) is 5.91 Å². The third kappa shape index (κ3) is 5.85. The lowest BCUT2D eigenvalue weighted by molar-refractivity contribution is -0.119. The van der Waals surface area contributed by atoms with Gasteiger partial charge in [-0.25, -0.2) is 13.1 Å². The van der Waals surface area contributed by atoms with E-state index in [4.69, 9.17) is 0 Å². The summed E-state index contributed by atoms with van der Waals surface area (Å²) < 4.78 is 25.3. The molecule has 0 saturated carbocycles.